The molecule has 4 N–H and O–H groups in total. The molecule has 0 saturated carbocycles. The molecule has 0 saturated heterocycles. The van der Waals surface area contributed by atoms with Gasteiger partial charge >= 0.3 is 0 Å². The minimum atomic E-state index is -0.380. The number of amides is 1. The third kappa shape index (κ3) is 4.07. The van der Waals surface area contributed by atoms with Gasteiger partial charge in [-0.3, -0.25) is 9.69 Å². The fourth-order valence-electron chi connectivity index (χ4n) is 2.30. The molecule has 0 aliphatic rings. The lowest BCUT2D eigenvalue weighted by molar-refractivity contribution is 0.0998. The fourth-order valence-corrected chi connectivity index (χ4v) is 2.30. The van der Waals surface area contributed by atoms with Crippen LogP contribution in [0.2, 0.25) is 0 Å². The van der Waals surface area contributed by atoms with Crippen molar-refractivity contribution in [2.75, 3.05) is 12.3 Å². The lowest BCUT2D eigenvalue weighted by atomic mass is 10.1. The Labute approximate surface area is 125 Å². The first-order chi connectivity index (χ1) is 10.1. The van der Waals surface area contributed by atoms with Gasteiger partial charge in [-0.1, -0.05) is 37.3 Å². The minimum Gasteiger partial charge on any atom is -0.399 e. The highest BCUT2D eigenvalue weighted by Crippen LogP contribution is 2.14. The van der Waals surface area contributed by atoms with Crippen LogP contribution in [0.5, 0.6) is 0 Å². The minimum absolute atomic E-state index is 0.380. The van der Waals surface area contributed by atoms with Gasteiger partial charge in [0.2, 0.25) is 5.91 Å². The zero-order chi connectivity index (χ0) is 15.2. The van der Waals surface area contributed by atoms with Gasteiger partial charge in [0.25, 0.3) is 0 Å². The molecule has 0 aliphatic heterocycles. The standard InChI is InChI=1S/C17H21N3O/c1-2-20(11-13-7-9-15(18)10-8-13)12-14-5-3-4-6-16(14)17(19)21/h3-10H,2,11-12,18H2,1H3,(H2,19,21). The third-order valence-electron chi connectivity index (χ3n) is 3.51. The van der Waals surface area contributed by atoms with Gasteiger partial charge in [0, 0.05) is 24.3 Å². The van der Waals surface area contributed by atoms with Crippen molar-refractivity contribution in [1.82, 2.24) is 4.90 Å². The van der Waals surface area contributed by atoms with Gasteiger partial charge in [-0.05, 0) is 35.9 Å². The number of hydrogen-bond donors (Lipinski definition) is 2. The van der Waals surface area contributed by atoms with Crippen LogP contribution >= 0.6 is 0 Å². The van der Waals surface area contributed by atoms with Gasteiger partial charge in [0.05, 0.1) is 0 Å². The number of carbonyl (C=O) groups is 1. The Balaban J connectivity index is 2.12. The second-order valence-electron chi connectivity index (χ2n) is 5.07. The molecule has 0 atom stereocenters. The van der Waals surface area contributed by atoms with Crippen LogP contribution in [-0.4, -0.2) is 17.4 Å². The molecular weight excluding hydrogens is 262 g/mol. The zero-order valence-electron chi connectivity index (χ0n) is 12.3. The van der Waals surface area contributed by atoms with Gasteiger partial charge in [0.1, 0.15) is 0 Å². The molecule has 0 spiro atoms. The van der Waals surface area contributed by atoms with Crippen LogP contribution in [0, 0.1) is 0 Å². The summed E-state index contributed by atoms with van der Waals surface area (Å²) < 4.78 is 0. The summed E-state index contributed by atoms with van der Waals surface area (Å²) in [6.07, 6.45) is 0. The monoisotopic (exact) mass is 283 g/mol. The molecule has 0 heterocycles. The Kier molecular flexibility index (Phi) is 4.95. The molecule has 1 amide bonds. The lowest BCUT2D eigenvalue weighted by Crippen LogP contribution is -2.24. The zero-order valence-corrected chi connectivity index (χ0v) is 12.3. The van der Waals surface area contributed by atoms with E-state index in [1.165, 1.54) is 5.56 Å². The largest absolute Gasteiger partial charge is 0.399 e. The van der Waals surface area contributed by atoms with E-state index < -0.39 is 0 Å². The van der Waals surface area contributed by atoms with Crippen LogP contribution in [0.3, 0.4) is 0 Å². The van der Waals surface area contributed by atoms with Crippen molar-refractivity contribution >= 4 is 11.6 Å². The summed E-state index contributed by atoms with van der Waals surface area (Å²) in [6.45, 7) is 4.49. The highest BCUT2D eigenvalue weighted by atomic mass is 16.1. The summed E-state index contributed by atoms with van der Waals surface area (Å²) in [5.74, 6) is -0.380. The second kappa shape index (κ2) is 6.90. The van der Waals surface area contributed by atoms with Crippen LogP contribution in [0.1, 0.15) is 28.4 Å². The molecule has 0 fully saturated rings. The molecule has 0 aromatic heterocycles. The highest BCUT2D eigenvalue weighted by Gasteiger charge is 2.11. The number of anilines is 1. The van der Waals surface area contributed by atoms with E-state index in [2.05, 4.69) is 11.8 Å². The van der Waals surface area contributed by atoms with Crippen molar-refractivity contribution < 1.29 is 4.79 Å². The molecule has 2 rings (SSSR count). The molecule has 21 heavy (non-hydrogen) atoms. The van der Waals surface area contributed by atoms with E-state index >= 15 is 0 Å². The molecular formula is C17H21N3O. The van der Waals surface area contributed by atoms with Crippen molar-refractivity contribution in [3.8, 4) is 0 Å². The predicted octanol–water partition coefficient (Wildman–Crippen LogP) is 2.39. The van der Waals surface area contributed by atoms with E-state index in [1.807, 2.05) is 42.5 Å². The first-order valence-corrected chi connectivity index (χ1v) is 7.04. The van der Waals surface area contributed by atoms with Crippen LogP contribution in [0.4, 0.5) is 5.69 Å². The molecule has 0 radical (unpaired) electrons. The quantitative estimate of drug-likeness (QED) is 0.800. The molecule has 2 aromatic carbocycles. The number of hydrogen-bond acceptors (Lipinski definition) is 3. The number of rotatable bonds is 6. The number of nitrogens with zero attached hydrogens (tertiary/aromatic N) is 1. The molecule has 4 nitrogen and oxygen atoms in total. The molecule has 0 unspecified atom stereocenters. The smallest absolute Gasteiger partial charge is 0.249 e. The molecule has 110 valence electrons. The van der Waals surface area contributed by atoms with E-state index in [4.69, 9.17) is 11.5 Å². The first kappa shape index (κ1) is 15.1. The lowest BCUT2D eigenvalue weighted by Gasteiger charge is -2.21. The van der Waals surface area contributed by atoms with Gasteiger partial charge in [-0.15, -0.1) is 0 Å². The summed E-state index contributed by atoms with van der Waals surface area (Å²) in [5.41, 5.74) is 14.6. The first-order valence-electron chi connectivity index (χ1n) is 7.04. The Morgan fingerprint density at radius 2 is 1.71 bits per heavy atom. The van der Waals surface area contributed by atoms with E-state index in [0.29, 0.717) is 12.1 Å². The number of carbonyl (C=O) groups excluding carboxylic acids is 1. The Morgan fingerprint density at radius 1 is 1.05 bits per heavy atom. The van der Waals surface area contributed by atoms with Crippen molar-refractivity contribution in [2.24, 2.45) is 5.73 Å². The maximum absolute atomic E-state index is 11.5. The molecule has 0 bridgehead atoms. The molecule has 4 heteroatoms. The normalized spacial score (nSPS) is 10.8. The maximum atomic E-state index is 11.5. The van der Waals surface area contributed by atoms with E-state index in [9.17, 15) is 4.79 Å². The highest BCUT2D eigenvalue weighted by molar-refractivity contribution is 5.94. The van der Waals surface area contributed by atoms with Crippen LogP contribution in [-0.2, 0) is 13.1 Å². The van der Waals surface area contributed by atoms with E-state index in [0.717, 1.165) is 24.3 Å². The number of nitrogens with two attached hydrogens (primary N) is 2. The Morgan fingerprint density at radius 3 is 2.33 bits per heavy atom. The molecule has 2 aromatic rings. The predicted molar refractivity (Wildman–Crippen MR) is 85.6 cm³/mol. The number of benzene rings is 2. The third-order valence-corrected chi connectivity index (χ3v) is 3.51. The van der Waals surface area contributed by atoms with Gasteiger partial charge in [-0.25, -0.2) is 0 Å². The average molecular weight is 283 g/mol. The number of nitrogen functional groups attached to an aromatic ring is 1. The Bertz CT molecular complexity index is 608. The van der Waals surface area contributed by atoms with Crippen molar-refractivity contribution in [3.63, 3.8) is 0 Å². The maximum Gasteiger partial charge on any atom is 0.249 e. The van der Waals surface area contributed by atoms with Crippen molar-refractivity contribution in [3.05, 3.63) is 65.2 Å². The average Bonchev–Trinajstić information content (AvgIpc) is 2.49. The summed E-state index contributed by atoms with van der Waals surface area (Å²) in [6, 6.07) is 15.3. The van der Waals surface area contributed by atoms with E-state index in [1.54, 1.807) is 6.07 Å². The SMILES string of the molecule is CCN(Cc1ccc(N)cc1)Cc1ccccc1C(N)=O. The molecule has 0 aliphatic carbocycles. The Hall–Kier alpha value is -2.33. The van der Waals surface area contributed by atoms with Crippen LogP contribution in [0.25, 0.3) is 0 Å². The van der Waals surface area contributed by atoms with E-state index in [-0.39, 0.29) is 5.91 Å². The van der Waals surface area contributed by atoms with Gasteiger partial charge < -0.3 is 11.5 Å². The number of primary amides is 1. The van der Waals surface area contributed by atoms with Gasteiger partial charge in [-0.2, -0.15) is 0 Å². The van der Waals surface area contributed by atoms with Crippen molar-refractivity contribution in [1.29, 1.82) is 0 Å². The van der Waals surface area contributed by atoms with Crippen LogP contribution in [0.15, 0.2) is 48.5 Å². The summed E-state index contributed by atoms with van der Waals surface area (Å²) in [4.78, 5) is 13.7. The fraction of sp³-hybridized carbons (Fsp3) is 0.235. The summed E-state index contributed by atoms with van der Waals surface area (Å²) >= 11 is 0. The second-order valence-corrected chi connectivity index (χ2v) is 5.07. The van der Waals surface area contributed by atoms with Gasteiger partial charge in [0.15, 0.2) is 0 Å². The summed E-state index contributed by atoms with van der Waals surface area (Å²) in [7, 11) is 0. The van der Waals surface area contributed by atoms with Crippen LogP contribution < -0.4 is 11.5 Å². The van der Waals surface area contributed by atoms with Crippen molar-refractivity contribution in [2.45, 2.75) is 20.0 Å². The summed E-state index contributed by atoms with van der Waals surface area (Å²) in [5, 5.41) is 0. The topological polar surface area (TPSA) is 72.3 Å².